The molecule has 3 heterocycles. The van der Waals surface area contributed by atoms with Crippen molar-refractivity contribution >= 4 is 11.8 Å². The van der Waals surface area contributed by atoms with Crippen LogP contribution in [-0.4, -0.2) is 52.7 Å². The largest absolute Gasteiger partial charge is 0.363 e. The van der Waals surface area contributed by atoms with Crippen LogP contribution in [0, 0.1) is 5.92 Å². The van der Waals surface area contributed by atoms with Gasteiger partial charge in [0.15, 0.2) is 5.67 Å². The molecule has 7 heteroatoms. The van der Waals surface area contributed by atoms with Crippen LogP contribution in [0.2, 0.25) is 0 Å². The molecule has 1 saturated carbocycles. The first-order valence-electron chi connectivity index (χ1n) is 9.35. The average molecular weight is 361 g/mol. The van der Waals surface area contributed by atoms with Crippen LogP contribution in [0.25, 0.3) is 0 Å². The molecule has 2 amide bonds. The molecular formula is C19H24FN3O3. The van der Waals surface area contributed by atoms with Gasteiger partial charge in [-0.2, -0.15) is 0 Å². The molecule has 1 aromatic heterocycles. The van der Waals surface area contributed by atoms with Gasteiger partial charge in [-0.3, -0.25) is 14.6 Å². The zero-order valence-electron chi connectivity index (χ0n) is 14.7. The van der Waals surface area contributed by atoms with Crippen molar-refractivity contribution in [1.82, 2.24) is 15.2 Å². The molecule has 1 N–H and O–H groups in total. The number of aromatic nitrogens is 1. The fourth-order valence-corrected chi connectivity index (χ4v) is 4.07. The highest BCUT2D eigenvalue weighted by molar-refractivity contribution is 5.86. The number of alkyl halides is 1. The lowest BCUT2D eigenvalue weighted by molar-refractivity contribution is -0.154. The summed E-state index contributed by atoms with van der Waals surface area (Å²) in [5.74, 6) is -0.275. The molecule has 2 saturated heterocycles. The number of halogens is 1. The van der Waals surface area contributed by atoms with Crippen molar-refractivity contribution in [3.8, 4) is 0 Å². The van der Waals surface area contributed by atoms with Gasteiger partial charge in [0.25, 0.3) is 5.91 Å². The predicted molar refractivity (Wildman–Crippen MR) is 91.7 cm³/mol. The fraction of sp³-hybridized carbons (Fsp3) is 0.632. The van der Waals surface area contributed by atoms with E-state index in [0.717, 1.165) is 18.4 Å². The molecule has 6 nitrogen and oxygen atoms in total. The average Bonchev–Trinajstić information content (AvgIpc) is 3.07. The Morgan fingerprint density at radius 1 is 1.42 bits per heavy atom. The van der Waals surface area contributed by atoms with Crippen LogP contribution in [0.15, 0.2) is 24.5 Å². The number of hydrogen-bond acceptors (Lipinski definition) is 4. The van der Waals surface area contributed by atoms with Gasteiger partial charge in [0.1, 0.15) is 6.10 Å². The Labute approximate surface area is 152 Å². The quantitative estimate of drug-likeness (QED) is 0.884. The second-order valence-electron chi connectivity index (χ2n) is 7.60. The maximum atomic E-state index is 14.4. The summed E-state index contributed by atoms with van der Waals surface area (Å²) in [4.78, 5) is 30.4. The smallest absolute Gasteiger partial charge is 0.260 e. The summed E-state index contributed by atoms with van der Waals surface area (Å²) < 4.78 is 20.3. The second kappa shape index (κ2) is 6.95. The van der Waals surface area contributed by atoms with Crippen molar-refractivity contribution in [2.75, 3.05) is 13.1 Å². The van der Waals surface area contributed by atoms with Crippen molar-refractivity contribution in [2.45, 2.75) is 56.5 Å². The summed E-state index contributed by atoms with van der Waals surface area (Å²) in [6.45, 7) is 1.36. The molecule has 4 rings (SSSR count). The number of hydrogen-bond donors (Lipinski definition) is 1. The number of fused-ring (bicyclic) bond motifs is 1. The van der Waals surface area contributed by atoms with E-state index >= 15 is 0 Å². The third-order valence-electron chi connectivity index (χ3n) is 5.85. The first-order chi connectivity index (χ1) is 12.5. The van der Waals surface area contributed by atoms with E-state index in [1.165, 1.54) is 0 Å². The zero-order valence-corrected chi connectivity index (χ0v) is 14.7. The van der Waals surface area contributed by atoms with E-state index in [9.17, 15) is 14.0 Å². The van der Waals surface area contributed by atoms with Crippen LogP contribution in [0.5, 0.6) is 0 Å². The van der Waals surface area contributed by atoms with Gasteiger partial charge in [-0.05, 0) is 49.7 Å². The second-order valence-corrected chi connectivity index (χ2v) is 7.60. The number of nitrogens with one attached hydrogen (secondary N) is 1. The topological polar surface area (TPSA) is 71.5 Å². The van der Waals surface area contributed by atoms with E-state index in [2.05, 4.69) is 10.3 Å². The Morgan fingerprint density at radius 3 is 2.96 bits per heavy atom. The number of nitrogens with zero attached hydrogens (tertiary/aromatic N) is 2. The maximum Gasteiger partial charge on any atom is 0.260 e. The summed E-state index contributed by atoms with van der Waals surface area (Å²) in [5.41, 5.74) is -0.729. The summed E-state index contributed by atoms with van der Waals surface area (Å²) in [5, 5.41) is 2.88. The molecule has 1 aliphatic carbocycles. The third kappa shape index (κ3) is 3.32. The number of carbonyl (C=O) groups is 2. The molecule has 3 aliphatic rings. The van der Waals surface area contributed by atoms with Gasteiger partial charge < -0.3 is 15.0 Å². The number of pyridine rings is 1. The highest BCUT2D eigenvalue weighted by Gasteiger charge is 2.50. The molecule has 0 radical (unpaired) electrons. The predicted octanol–water partition coefficient (Wildman–Crippen LogP) is 1.60. The monoisotopic (exact) mass is 361 g/mol. The van der Waals surface area contributed by atoms with E-state index < -0.39 is 17.7 Å². The number of piperidine rings is 1. The highest BCUT2D eigenvalue weighted by atomic mass is 19.1. The highest BCUT2D eigenvalue weighted by Crippen LogP contribution is 2.40. The molecule has 1 aromatic rings. The van der Waals surface area contributed by atoms with E-state index in [-0.39, 0.29) is 17.9 Å². The summed E-state index contributed by atoms with van der Waals surface area (Å²) in [6, 6.07) is 3.73. The van der Waals surface area contributed by atoms with Crippen LogP contribution >= 0.6 is 0 Å². The Balaban J connectivity index is 1.30. The number of ether oxygens (including phenoxy) is 1. The number of rotatable bonds is 4. The molecular weight excluding hydrogens is 337 g/mol. The van der Waals surface area contributed by atoms with Gasteiger partial charge in [0.05, 0.1) is 6.10 Å². The lowest BCUT2D eigenvalue weighted by Crippen LogP contribution is -2.55. The summed E-state index contributed by atoms with van der Waals surface area (Å²) >= 11 is 0. The Kier molecular flexibility index (Phi) is 4.65. The molecule has 3 atom stereocenters. The van der Waals surface area contributed by atoms with Gasteiger partial charge in [0.2, 0.25) is 5.91 Å². The minimum Gasteiger partial charge on any atom is -0.363 e. The molecule has 26 heavy (non-hydrogen) atoms. The number of amides is 2. The van der Waals surface area contributed by atoms with E-state index in [0.29, 0.717) is 38.9 Å². The molecule has 140 valence electrons. The summed E-state index contributed by atoms with van der Waals surface area (Å²) in [6.07, 6.45) is 5.59. The standard InChI is InChI=1S/C19H24FN3O3/c20-19(5-2-6-19)18(25)23-8-4-14-9-15(26-16(14)12-23)17(24)22-11-13-3-1-7-21-10-13/h1,3,7,10,14-16H,2,4-6,8-9,11-12H2,(H,22,24)/t14-,15?,16-/m0/s1. The lowest BCUT2D eigenvalue weighted by Gasteiger charge is -2.41. The van der Waals surface area contributed by atoms with Gasteiger partial charge in [-0.1, -0.05) is 6.07 Å². The van der Waals surface area contributed by atoms with Crippen molar-refractivity contribution < 1.29 is 18.7 Å². The first kappa shape index (κ1) is 17.4. The minimum absolute atomic E-state index is 0.137. The van der Waals surface area contributed by atoms with Crippen LogP contribution in [0.3, 0.4) is 0 Å². The lowest BCUT2D eigenvalue weighted by atomic mass is 9.80. The molecule has 0 bridgehead atoms. The molecule has 0 spiro atoms. The Morgan fingerprint density at radius 2 is 2.27 bits per heavy atom. The van der Waals surface area contributed by atoms with Crippen molar-refractivity contribution in [3.63, 3.8) is 0 Å². The van der Waals surface area contributed by atoms with Gasteiger partial charge >= 0.3 is 0 Å². The van der Waals surface area contributed by atoms with Crippen LogP contribution in [0.4, 0.5) is 4.39 Å². The number of likely N-dealkylation sites (tertiary alicyclic amines) is 1. The Hall–Kier alpha value is -2.02. The van der Waals surface area contributed by atoms with Gasteiger partial charge in [-0.25, -0.2) is 4.39 Å². The van der Waals surface area contributed by atoms with Crippen molar-refractivity contribution in [3.05, 3.63) is 30.1 Å². The molecule has 3 fully saturated rings. The molecule has 2 aliphatic heterocycles. The van der Waals surface area contributed by atoms with E-state index in [1.54, 1.807) is 17.3 Å². The van der Waals surface area contributed by atoms with Gasteiger partial charge in [0, 0.05) is 32.0 Å². The van der Waals surface area contributed by atoms with Crippen molar-refractivity contribution in [2.24, 2.45) is 5.92 Å². The normalized spacial score (nSPS) is 29.6. The summed E-state index contributed by atoms with van der Waals surface area (Å²) in [7, 11) is 0. The van der Waals surface area contributed by atoms with Crippen LogP contribution < -0.4 is 5.32 Å². The van der Waals surface area contributed by atoms with E-state index in [1.807, 2.05) is 12.1 Å². The maximum absolute atomic E-state index is 14.4. The minimum atomic E-state index is -1.66. The number of carbonyl (C=O) groups excluding carboxylic acids is 2. The zero-order chi connectivity index (χ0) is 18.1. The third-order valence-corrected chi connectivity index (χ3v) is 5.85. The fourth-order valence-electron chi connectivity index (χ4n) is 4.07. The van der Waals surface area contributed by atoms with Crippen LogP contribution in [-0.2, 0) is 20.9 Å². The van der Waals surface area contributed by atoms with Crippen LogP contribution in [0.1, 0.15) is 37.7 Å². The van der Waals surface area contributed by atoms with Gasteiger partial charge in [-0.15, -0.1) is 0 Å². The molecule has 0 aromatic carbocycles. The first-order valence-corrected chi connectivity index (χ1v) is 9.35. The van der Waals surface area contributed by atoms with E-state index in [4.69, 9.17) is 4.74 Å². The Bertz CT molecular complexity index is 680. The van der Waals surface area contributed by atoms with Crippen molar-refractivity contribution in [1.29, 1.82) is 0 Å². The SMILES string of the molecule is O=C(NCc1cccnc1)C1C[C@@H]2CCN(C(=O)C3(F)CCC3)C[C@@H]2O1. The molecule has 1 unspecified atom stereocenters.